The first kappa shape index (κ1) is 47.2. The summed E-state index contributed by atoms with van der Waals surface area (Å²) >= 11 is 16.8. The average molecular weight is 896 g/mol. The second-order valence-electron chi connectivity index (χ2n) is 12.0. The number of nitrogen functional groups attached to an aromatic ring is 1. The predicted octanol–water partition coefficient (Wildman–Crippen LogP) is 9.89. The molecule has 0 unspecified atom stereocenters. The molecule has 1 amide bonds. The number of hydrogen-bond acceptors (Lipinski definition) is 9. The Morgan fingerprint density at radius 3 is 1.64 bits per heavy atom. The van der Waals surface area contributed by atoms with Crippen molar-refractivity contribution in [1.82, 2.24) is 9.97 Å². The van der Waals surface area contributed by atoms with Gasteiger partial charge in [0.05, 0.1) is 78.9 Å². The summed E-state index contributed by atoms with van der Waals surface area (Å²) in [5.74, 6) is -3.25. The maximum Gasteiger partial charge on any atom is 0.260 e. The SMILES string of the molecule is C.CCCS(=O)(=O)Nc1ccc(Cl)c(C(=O)Cl)c1F.CCCS(=O)(=O)Nc1ccc(Cl)c(C(=O)Nc2cnc3ccccc3c2)c1F.Nc1cnc2ccccc2c1. The number of fused-ring (bicyclic) bond motifs is 2. The lowest BCUT2D eigenvalue weighted by atomic mass is 10.1. The zero-order chi connectivity index (χ0) is 41.9. The van der Waals surface area contributed by atoms with Crippen molar-refractivity contribution in [1.29, 1.82) is 0 Å². The van der Waals surface area contributed by atoms with Crippen LogP contribution >= 0.6 is 34.8 Å². The van der Waals surface area contributed by atoms with E-state index in [1.54, 1.807) is 26.1 Å². The normalized spacial score (nSPS) is 10.9. The van der Waals surface area contributed by atoms with Gasteiger partial charge in [-0.15, -0.1) is 0 Å². The van der Waals surface area contributed by atoms with E-state index < -0.39 is 54.0 Å². The molecular formula is C39H39Cl3F2N6O6S2. The van der Waals surface area contributed by atoms with Gasteiger partial charge in [0.25, 0.3) is 11.1 Å². The lowest BCUT2D eigenvalue weighted by Gasteiger charge is -2.13. The van der Waals surface area contributed by atoms with Crippen LogP contribution in [-0.4, -0.2) is 49.5 Å². The standard InChI is InChI=1S/C19H17ClFN3O3S.C10H10Cl2FNO3S.C9H8N2.CH4/c1-2-9-28(26,27)24-16-8-7-14(20)17(18(16)21)19(25)23-13-10-12-5-3-4-6-15(12)22-11-13;1-2-5-18(16,17)14-7-4-3-6(11)8(9(7)13)10(12)15;10-8-5-7-3-1-2-4-9(7)11-6-8;/h3-8,10-11,24H,2,9H2,1H3,(H,23,25);3-4,14H,2,5H2,1H3;1-6H,10H2;1H4. The summed E-state index contributed by atoms with van der Waals surface area (Å²) in [6.45, 7) is 3.36. The largest absolute Gasteiger partial charge is 0.397 e. The van der Waals surface area contributed by atoms with Gasteiger partial charge in [0, 0.05) is 10.8 Å². The number of para-hydroxylation sites is 2. The van der Waals surface area contributed by atoms with Crippen LogP contribution in [0.25, 0.3) is 21.8 Å². The number of nitrogens with zero attached hydrogens (tertiary/aromatic N) is 2. The fraction of sp³-hybridized carbons (Fsp3) is 0.179. The molecule has 58 heavy (non-hydrogen) atoms. The van der Waals surface area contributed by atoms with Crippen LogP contribution in [0.2, 0.25) is 10.0 Å². The third kappa shape index (κ3) is 12.9. The molecule has 0 atom stereocenters. The van der Waals surface area contributed by atoms with Crippen LogP contribution in [0, 0.1) is 11.6 Å². The maximum absolute atomic E-state index is 14.8. The highest BCUT2D eigenvalue weighted by Gasteiger charge is 2.23. The molecule has 0 saturated carbocycles. The second kappa shape index (κ2) is 21.0. The molecule has 19 heteroatoms. The van der Waals surface area contributed by atoms with Crippen molar-refractivity contribution in [3.8, 4) is 0 Å². The van der Waals surface area contributed by atoms with E-state index in [1.165, 1.54) is 24.4 Å². The summed E-state index contributed by atoms with van der Waals surface area (Å²) in [6.07, 6.45) is 3.86. The number of carbonyl (C=O) groups is 2. The van der Waals surface area contributed by atoms with Gasteiger partial charge >= 0.3 is 0 Å². The number of hydrogen-bond donors (Lipinski definition) is 4. The summed E-state index contributed by atoms with van der Waals surface area (Å²) in [6, 6.07) is 23.6. The van der Waals surface area contributed by atoms with Gasteiger partial charge in [-0.1, -0.05) is 80.9 Å². The van der Waals surface area contributed by atoms with E-state index in [0.29, 0.717) is 24.2 Å². The summed E-state index contributed by atoms with van der Waals surface area (Å²) in [7, 11) is -7.37. The Hall–Kier alpha value is -5.13. The molecule has 0 aliphatic heterocycles. The summed E-state index contributed by atoms with van der Waals surface area (Å²) < 4.78 is 79.6. The number of pyridine rings is 2. The number of rotatable bonds is 11. The molecule has 4 aromatic carbocycles. The summed E-state index contributed by atoms with van der Waals surface area (Å²) in [4.78, 5) is 32.0. The number of carbonyl (C=O) groups excluding carboxylic acids is 2. The minimum absolute atomic E-state index is 0. The zero-order valence-electron chi connectivity index (χ0n) is 30.2. The molecule has 12 nitrogen and oxygen atoms in total. The molecule has 0 bridgehead atoms. The molecule has 0 radical (unpaired) electrons. The molecule has 0 fully saturated rings. The third-order valence-corrected chi connectivity index (χ3v) is 11.3. The molecule has 308 valence electrons. The average Bonchev–Trinajstić information content (AvgIpc) is 3.14. The molecule has 0 aliphatic carbocycles. The minimum Gasteiger partial charge on any atom is -0.397 e. The topological polar surface area (TPSA) is 190 Å². The van der Waals surface area contributed by atoms with Gasteiger partial charge in [-0.2, -0.15) is 0 Å². The van der Waals surface area contributed by atoms with Crippen molar-refractivity contribution in [3.63, 3.8) is 0 Å². The molecule has 0 aliphatic rings. The van der Waals surface area contributed by atoms with Gasteiger partial charge in [-0.05, 0) is 73.0 Å². The van der Waals surface area contributed by atoms with Crippen LogP contribution in [0.4, 0.5) is 31.5 Å². The Bertz CT molecular complexity index is 2660. The van der Waals surface area contributed by atoms with E-state index >= 15 is 0 Å². The quantitative estimate of drug-likeness (QED) is 0.0917. The van der Waals surface area contributed by atoms with Crippen molar-refractivity contribution in [3.05, 3.63) is 130 Å². The molecule has 5 N–H and O–H groups in total. The highest BCUT2D eigenvalue weighted by molar-refractivity contribution is 7.92. The van der Waals surface area contributed by atoms with Gasteiger partial charge in [0.2, 0.25) is 20.0 Å². The monoisotopic (exact) mass is 894 g/mol. The number of halogens is 5. The van der Waals surface area contributed by atoms with E-state index in [4.69, 9.17) is 40.5 Å². The fourth-order valence-corrected chi connectivity index (χ4v) is 8.01. The molecular weight excluding hydrogens is 857 g/mol. The number of sulfonamides is 2. The Morgan fingerprint density at radius 1 is 0.690 bits per heavy atom. The summed E-state index contributed by atoms with van der Waals surface area (Å²) in [5.41, 5.74) is 6.68. The second-order valence-corrected chi connectivity index (χ2v) is 16.9. The number of anilines is 4. The highest BCUT2D eigenvalue weighted by atomic mass is 35.5. The molecule has 0 saturated heterocycles. The van der Waals surface area contributed by atoms with E-state index in [-0.39, 0.29) is 40.4 Å². The van der Waals surface area contributed by atoms with Crippen LogP contribution in [0.5, 0.6) is 0 Å². The highest BCUT2D eigenvalue weighted by Crippen LogP contribution is 2.29. The molecule has 6 rings (SSSR count). The van der Waals surface area contributed by atoms with Crippen molar-refractivity contribution in [2.24, 2.45) is 0 Å². The Kier molecular flexibility index (Phi) is 17.1. The van der Waals surface area contributed by atoms with Crippen LogP contribution in [-0.2, 0) is 20.0 Å². The summed E-state index contributed by atoms with van der Waals surface area (Å²) in [5, 5.41) is 3.03. The number of nitrogens with one attached hydrogen (secondary N) is 3. The van der Waals surface area contributed by atoms with E-state index in [1.807, 2.05) is 59.3 Å². The van der Waals surface area contributed by atoms with Crippen molar-refractivity contribution in [2.45, 2.75) is 34.1 Å². The van der Waals surface area contributed by atoms with Gasteiger partial charge in [0.15, 0.2) is 11.6 Å². The fourth-order valence-electron chi connectivity index (χ4n) is 5.05. The molecule has 2 heterocycles. The zero-order valence-corrected chi connectivity index (χ0v) is 34.1. The molecule has 6 aromatic rings. The van der Waals surface area contributed by atoms with Crippen molar-refractivity contribution in [2.75, 3.05) is 32.0 Å². The smallest absolute Gasteiger partial charge is 0.260 e. The van der Waals surface area contributed by atoms with E-state index in [0.717, 1.165) is 27.9 Å². The first-order valence-corrected chi connectivity index (χ1v) is 21.3. The van der Waals surface area contributed by atoms with Crippen LogP contribution in [0.1, 0.15) is 54.8 Å². The van der Waals surface area contributed by atoms with E-state index in [2.05, 4.69) is 20.0 Å². The van der Waals surface area contributed by atoms with Gasteiger partial charge in [-0.25, -0.2) is 25.6 Å². The number of aromatic nitrogens is 2. The lowest BCUT2D eigenvalue weighted by molar-refractivity contribution is 0.102. The number of benzene rings is 4. The maximum atomic E-state index is 14.8. The third-order valence-electron chi connectivity index (χ3n) is 7.54. The van der Waals surface area contributed by atoms with Gasteiger partial charge in [-0.3, -0.25) is 29.0 Å². The van der Waals surface area contributed by atoms with E-state index in [9.17, 15) is 35.2 Å². The van der Waals surface area contributed by atoms with Gasteiger partial charge < -0.3 is 11.1 Å². The first-order valence-electron chi connectivity index (χ1n) is 16.9. The first-order chi connectivity index (χ1) is 26.9. The number of nitrogens with two attached hydrogens (primary N) is 1. The predicted molar refractivity (Wildman–Crippen MR) is 231 cm³/mol. The Morgan fingerprint density at radius 2 is 1.14 bits per heavy atom. The molecule has 0 spiro atoms. The number of amides is 1. The van der Waals surface area contributed by atoms with Crippen LogP contribution in [0.3, 0.4) is 0 Å². The Balaban J connectivity index is 0.000000256. The van der Waals surface area contributed by atoms with Crippen molar-refractivity contribution < 1.29 is 35.2 Å². The van der Waals surface area contributed by atoms with Crippen LogP contribution in [0.15, 0.2) is 97.3 Å². The minimum atomic E-state index is -3.72. The van der Waals surface area contributed by atoms with Crippen molar-refractivity contribution >= 4 is 111 Å². The molecule has 2 aromatic heterocycles. The van der Waals surface area contributed by atoms with Crippen LogP contribution < -0.4 is 20.5 Å². The Labute approximate surface area is 350 Å². The van der Waals surface area contributed by atoms with Gasteiger partial charge in [0.1, 0.15) is 0 Å². The lowest BCUT2D eigenvalue weighted by Crippen LogP contribution is -2.20.